The van der Waals surface area contributed by atoms with Gasteiger partial charge in [0.2, 0.25) is 0 Å². The van der Waals surface area contributed by atoms with E-state index in [4.69, 9.17) is 9.05 Å². The highest BCUT2D eigenvalue weighted by Gasteiger charge is 2.27. The van der Waals surface area contributed by atoms with Crippen LogP contribution in [-0.4, -0.2) is 19.1 Å². The monoisotopic (exact) mass is 263 g/mol. The van der Waals surface area contributed by atoms with Crippen molar-refractivity contribution in [2.75, 3.05) is 14.2 Å². The lowest BCUT2D eigenvalue weighted by atomic mass is 10.3. The fourth-order valence-corrected chi connectivity index (χ4v) is 3.50. The lowest BCUT2D eigenvalue weighted by molar-refractivity contribution is -0.387. The van der Waals surface area contributed by atoms with Gasteiger partial charge in [-0.2, -0.15) is 0 Å². The van der Waals surface area contributed by atoms with E-state index in [0.29, 0.717) is 11.4 Å². The van der Waals surface area contributed by atoms with Gasteiger partial charge in [0, 0.05) is 31.7 Å². The molecule has 0 saturated heterocycles. The second kappa shape index (κ2) is 5.45. The third kappa shape index (κ3) is 3.05. The van der Waals surface area contributed by atoms with Crippen LogP contribution in [0.1, 0.15) is 0 Å². The molecule has 1 aromatic rings. The van der Waals surface area contributed by atoms with E-state index in [9.17, 15) is 14.7 Å². The number of para-hydroxylation sites is 1. The van der Waals surface area contributed by atoms with Gasteiger partial charge in [0.15, 0.2) is 0 Å². The average Bonchev–Trinajstić information content (AvgIpc) is 2.29. The first kappa shape index (κ1) is 13.2. The Balaban J connectivity index is 3.06. The second-order valence-corrected chi connectivity index (χ2v) is 6.76. The lowest BCUT2D eigenvalue weighted by Crippen LogP contribution is -1.91. The molecule has 6 nitrogen and oxygen atoms in total. The van der Waals surface area contributed by atoms with Gasteiger partial charge in [-0.05, 0) is 6.07 Å². The van der Waals surface area contributed by atoms with Crippen molar-refractivity contribution in [1.82, 2.24) is 0 Å². The van der Waals surface area contributed by atoms with Crippen LogP contribution in [-0.2, 0) is 13.6 Å². The van der Waals surface area contributed by atoms with E-state index >= 15 is 0 Å². The van der Waals surface area contributed by atoms with Crippen LogP contribution in [0.25, 0.3) is 0 Å². The molecule has 0 heterocycles. The van der Waals surface area contributed by atoms with Crippen molar-refractivity contribution in [2.45, 2.75) is 4.90 Å². The molecule has 1 rings (SSSR count). The Morgan fingerprint density at radius 3 is 2.38 bits per heavy atom. The zero-order chi connectivity index (χ0) is 12.2. The summed E-state index contributed by atoms with van der Waals surface area (Å²) in [5, 5.41) is 10.7. The standard InChI is InChI=1S/C8H10NO5PS/c1-13-15(12,14-2)16-8-6-4-3-5-7(8)9(10)11/h3-6H,1-2H3. The summed E-state index contributed by atoms with van der Waals surface area (Å²) in [7, 11) is 2.46. The molecule has 88 valence electrons. The van der Waals surface area contributed by atoms with E-state index in [1.54, 1.807) is 6.07 Å². The summed E-state index contributed by atoms with van der Waals surface area (Å²) < 4.78 is 21.2. The van der Waals surface area contributed by atoms with E-state index in [1.165, 1.54) is 32.4 Å². The average molecular weight is 263 g/mol. The SMILES string of the molecule is COP(=O)(OC)Sc1ccccc1[N+](=O)[O-]. The van der Waals surface area contributed by atoms with Crippen LogP contribution in [0.15, 0.2) is 29.2 Å². The van der Waals surface area contributed by atoms with Gasteiger partial charge >= 0.3 is 6.80 Å². The zero-order valence-electron chi connectivity index (χ0n) is 8.65. The van der Waals surface area contributed by atoms with Crippen molar-refractivity contribution >= 4 is 23.9 Å². The molecule has 0 aliphatic carbocycles. The highest BCUT2D eigenvalue weighted by molar-refractivity contribution is 8.55. The van der Waals surface area contributed by atoms with Gasteiger partial charge in [0.25, 0.3) is 5.69 Å². The van der Waals surface area contributed by atoms with Gasteiger partial charge in [-0.3, -0.25) is 10.1 Å². The minimum Gasteiger partial charge on any atom is -0.304 e. The largest absolute Gasteiger partial charge is 0.393 e. The van der Waals surface area contributed by atoms with Crippen molar-refractivity contribution in [3.63, 3.8) is 0 Å². The Labute approximate surface area is 96.4 Å². The molecule has 0 radical (unpaired) electrons. The van der Waals surface area contributed by atoms with Crippen molar-refractivity contribution in [1.29, 1.82) is 0 Å². The Morgan fingerprint density at radius 1 is 1.31 bits per heavy atom. The normalized spacial score (nSPS) is 11.4. The van der Waals surface area contributed by atoms with E-state index in [1.807, 2.05) is 0 Å². The first-order chi connectivity index (χ1) is 7.52. The summed E-state index contributed by atoms with van der Waals surface area (Å²) in [5.74, 6) is 0. The molecule has 16 heavy (non-hydrogen) atoms. The third-order valence-corrected chi connectivity index (χ3v) is 5.53. The van der Waals surface area contributed by atoms with Gasteiger partial charge in [-0.25, -0.2) is 4.57 Å². The molecule has 0 aromatic heterocycles. The topological polar surface area (TPSA) is 78.7 Å². The minimum absolute atomic E-state index is 0.123. The molecule has 0 atom stereocenters. The minimum atomic E-state index is -3.36. The molecular weight excluding hydrogens is 253 g/mol. The maximum Gasteiger partial charge on any atom is 0.393 e. The molecule has 0 aliphatic heterocycles. The van der Waals surface area contributed by atoms with Gasteiger partial charge in [-0.1, -0.05) is 12.1 Å². The quantitative estimate of drug-likeness (QED) is 0.461. The predicted molar refractivity (Wildman–Crippen MR) is 60.6 cm³/mol. The van der Waals surface area contributed by atoms with Crippen LogP contribution < -0.4 is 0 Å². The van der Waals surface area contributed by atoms with Crippen molar-refractivity contribution in [2.24, 2.45) is 0 Å². The summed E-state index contributed by atoms with van der Waals surface area (Å²) in [6.07, 6.45) is 0. The van der Waals surface area contributed by atoms with Gasteiger partial charge in [-0.15, -0.1) is 0 Å². The number of rotatable bonds is 5. The molecule has 8 heteroatoms. The van der Waals surface area contributed by atoms with Gasteiger partial charge in [0.05, 0.1) is 9.82 Å². The molecule has 0 saturated carbocycles. The molecular formula is C8H10NO5PS. The van der Waals surface area contributed by atoms with Crippen molar-refractivity contribution in [3.05, 3.63) is 34.4 Å². The Bertz CT molecular complexity index is 430. The maximum absolute atomic E-state index is 11.8. The molecule has 0 bridgehead atoms. The van der Waals surface area contributed by atoms with Crippen LogP contribution in [0.2, 0.25) is 0 Å². The third-order valence-electron chi connectivity index (χ3n) is 1.72. The Hall–Kier alpha value is -0.880. The van der Waals surface area contributed by atoms with E-state index in [0.717, 1.165) is 0 Å². The number of hydrogen-bond donors (Lipinski definition) is 0. The van der Waals surface area contributed by atoms with Gasteiger partial charge in [0.1, 0.15) is 0 Å². The number of nitrogens with zero attached hydrogens (tertiary/aromatic N) is 1. The van der Waals surface area contributed by atoms with E-state index in [2.05, 4.69) is 0 Å². The Kier molecular flexibility index (Phi) is 4.49. The van der Waals surface area contributed by atoms with Crippen LogP contribution in [0.5, 0.6) is 0 Å². The summed E-state index contributed by atoms with van der Waals surface area (Å²) in [6.45, 7) is -3.36. The maximum atomic E-state index is 11.8. The second-order valence-electron chi connectivity index (χ2n) is 2.63. The van der Waals surface area contributed by atoms with Crippen LogP contribution in [0.4, 0.5) is 5.69 Å². The van der Waals surface area contributed by atoms with E-state index < -0.39 is 11.7 Å². The number of nitro benzene ring substituents is 1. The summed E-state index contributed by atoms with van der Waals surface area (Å²) in [4.78, 5) is 10.4. The number of nitro groups is 1. The fourth-order valence-electron chi connectivity index (χ4n) is 0.955. The summed E-state index contributed by atoms with van der Waals surface area (Å²) in [5.41, 5.74) is -0.123. The predicted octanol–water partition coefficient (Wildman–Crippen LogP) is 3.09. The number of hydrogen-bond acceptors (Lipinski definition) is 6. The molecule has 0 unspecified atom stereocenters. The van der Waals surface area contributed by atoms with Crippen molar-refractivity contribution < 1.29 is 18.5 Å². The van der Waals surface area contributed by atoms with Crippen LogP contribution in [0, 0.1) is 10.1 Å². The molecule has 0 N–H and O–H groups in total. The molecule has 0 amide bonds. The first-order valence-electron chi connectivity index (χ1n) is 4.17. The van der Waals surface area contributed by atoms with Crippen LogP contribution >= 0.6 is 18.2 Å². The van der Waals surface area contributed by atoms with Crippen molar-refractivity contribution in [3.8, 4) is 0 Å². The lowest BCUT2D eigenvalue weighted by Gasteiger charge is -2.11. The summed E-state index contributed by atoms with van der Waals surface area (Å²) >= 11 is 0.715. The highest BCUT2D eigenvalue weighted by atomic mass is 32.7. The fraction of sp³-hybridized carbons (Fsp3) is 0.250. The van der Waals surface area contributed by atoms with Gasteiger partial charge < -0.3 is 9.05 Å². The van der Waals surface area contributed by atoms with Crippen LogP contribution in [0.3, 0.4) is 0 Å². The molecule has 0 spiro atoms. The number of benzene rings is 1. The molecule has 0 aliphatic rings. The first-order valence-corrected chi connectivity index (χ1v) is 7.13. The zero-order valence-corrected chi connectivity index (χ0v) is 10.4. The van der Waals surface area contributed by atoms with E-state index in [-0.39, 0.29) is 10.6 Å². The molecule has 0 fully saturated rings. The smallest absolute Gasteiger partial charge is 0.304 e. The highest BCUT2D eigenvalue weighted by Crippen LogP contribution is 2.63. The Morgan fingerprint density at radius 2 is 1.88 bits per heavy atom. The summed E-state index contributed by atoms with van der Waals surface area (Å²) in [6, 6.07) is 5.98. The molecule has 1 aromatic carbocycles.